The molecule has 0 saturated carbocycles. The molecule has 0 aliphatic rings. The molecule has 0 aliphatic heterocycles. The fourth-order valence-electron chi connectivity index (χ4n) is 3.55. The molecule has 2 rings (SSSR count). The maximum absolute atomic E-state index is 13.5. The number of unbranched alkanes of at least 4 members (excludes halogenated alkanes) is 1. The fraction of sp³-hybridized carbons (Fsp3) is 0.440. The predicted octanol–water partition coefficient (Wildman–Crippen LogP) is 4.06. The standard InChI is InChI=1S/C25H34ClN3O4S/c1-6-7-14-27-25(31)20(4)28(16-21-11-9-12-22(26)15-21)24(30)17-29(34(5,32)33)23-13-8-10-18(2)19(23)3/h8-13,15,20H,6-7,14,16-17H2,1-5H3,(H,27,31). The lowest BCUT2D eigenvalue weighted by Crippen LogP contribution is -2.51. The Hall–Kier alpha value is -2.58. The number of anilines is 1. The molecule has 1 N–H and O–H groups in total. The topological polar surface area (TPSA) is 86.8 Å². The van der Waals surface area contributed by atoms with Gasteiger partial charge in [0.1, 0.15) is 12.6 Å². The van der Waals surface area contributed by atoms with Gasteiger partial charge in [-0.05, 0) is 62.1 Å². The predicted molar refractivity (Wildman–Crippen MR) is 137 cm³/mol. The van der Waals surface area contributed by atoms with Crippen molar-refractivity contribution in [3.63, 3.8) is 0 Å². The summed E-state index contributed by atoms with van der Waals surface area (Å²) in [4.78, 5) is 27.8. The Morgan fingerprint density at radius 3 is 2.41 bits per heavy atom. The molecule has 0 fully saturated rings. The minimum absolute atomic E-state index is 0.117. The van der Waals surface area contributed by atoms with E-state index < -0.39 is 28.5 Å². The van der Waals surface area contributed by atoms with Crippen LogP contribution in [0, 0.1) is 13.8 Å². The highest BCUT2D eigenvalue weighted by Gasteiger charge is 2.30. The number of halogens is 1. The van der Waals surface area contributed by atoms with Crippen molar-refractivity contribution < 1.29 is 18.0 Å². The average molecular weight is 508 g/mol. The van der Waals surface area contributed by atoms with Gasteiger partial charge in [0.2, 0.25) is 21.8 Å². The maximum atomic E-state index is 13.5. The largest absolute Gasteiger partial charge is 0.354 e. The third-order valence-corrected chi connectivity index (χ3v) is 7.12. The van der Waals surface area contributed by atoms with Gasteiger partial charge in [-0.15, -0.1) is 0 Å². The van der Waals surface area contributed by atoms with Crippen molar-refractivity contribution in [2.75, 3.05) is 23.7 Å². The Morgan fingerprint density at radius 2 is 1.79 bits per heavy atom. The quantitative estimate of drug-likeness (QED) is 0.465. The molecule has 0 aliphatic carbocycles. The van der Waals surface area contributed by atoms with Crippen molar-refractivity contribution in [2.45, 2.75) is 53.1 Å². The lowest BCUT2D eigenvalue weighted by molar-refractivity contribution is -0.139. The molecule has 0 radical (unpaired) electrons. The number of nitrogens with one attached hydrogen (secondary N) is 1. The van der Waals surface area contributed by atoms with E-state index in [-0.39, 0.29) is 12.5 Å². The molecule has 9 heteroatoms. The molecule has 0 saturated heterocycles. The summed E-state index contributed by atoms with van der Waals surface area (Å²) in [5.74, 6) is -0.772. The molecule has 7 nitrogen and oxygen atoms in total. The van der Waals surface area contributed by atoms with Gasteiger partial charge in [-0.3, -0.25) is 13.9 Å². The highest BCUT2D eigenvalue weighted by Crippen LogP contribution is 2.25. The third kappa shape index (κ3) is 7.46. The maximum Gasteiger partial charge on any atom is 0.244 e. The lowest BCUT2D eigenvalue weighted by atomic mass is 10.1. The van der Waals surface area contributed by atoms with Crippen LogP contribution in [0.15, 0.2) is 42.5 Å². The van der Waals surface area contributed by atoms with Crippen LogP contribution in [0.5, 0.6) is 0 Å². The van der Waals surface area contributed by atoms with E-state index in [0.717, 1.165) is 40.1 Å². The number of carbonyl (C=O) groups excluding carboxylic acids is 2. The summed E-state index contributed by atoms with van der Waals surface area (Å²) in [6.45, 7) is 7.58. The molecule has 186 valence electrons. The summed E-state index contributed by atoms with van der Waals surface area (Å²) < 4.78 is 26.5. The second-order valence-corrected chi connectivity index (χ2v) is 10.8. The van der Waals surface area contributed by atoms with E-state index >= 15 is 0 Å². The number of hydrogen-bond acceptors (Lipinski definition) is 4. The number of hydrogen-bond donors (Lipinski definition) is 1. The first-order valence-electron chi connectivity index (χ1n) is 11.3. The number of aryl methyl sites for hydroxylation is 1. The van der Waals surface area contributed by atoms with E-state index in [1.807, 2.05) is 32.9 Å². The first-order valence-corrected chi connectivity index (χ1v) is 13.5. The van der Waals surface area contributed by atoms with E-state index in [9.17, 15) is 18.0 Å². The minimum Gasteiger partial charge on any atom is -0.354 e. The summed E-state index contributed by atoms with van der Waals surface area (Å²) in [7, 11) is -3.76. The Kier molecular flexibility index (Phi) is 9.94. The van der Waals surface area contributed by atoms with Crippen molar-refractivity contribution >= 4 is 39.1 Å². The van der Waals surface area contributed by atoms with Gasteiger partial charge in [-0.1, -0.05) is 49.2 Å². The van der Waals surface area contributed by atoms with E-state index in [1.54, 1.807) is 37.3 Å². The van der Waals surface area contributed by atoms with E-state index in [0.29, 0.717) is 17.3 Å². The summed E-state index contributed by atoms with van der Waals surface area (Å²) in [5, 5.41) is 3.37. The SMILES string of the molecule is CCCCNC(=O)C(C)N(Cc1cccc(Cl)c1)C(=O)CN(c1cccc(C)c1C)S(C)(=O)=O. The monoisotopic (exact) mass is 507 g/mol. The smallest absolute Gasteiger partial charge is 0.244 e. The number of amides is 2. The summed E-state index contributed by atoms with van der Waals surface area (Å²) >= 11 is 6.12. The fourth-order valence-corrected chi connectivity index (χ4v) is 4.66. The normalized spacial score (nSPS) is 12.2. The highest BCUT2D eigenvalue weighted by atomic mass is 35.5. The molecular weight excluding hydrogens is 474 g/mol. The van der Waals surface area contributed by atoms with Gasteiger partial charge >= 0.3 is 0 Å². The molecule has 2 amide bonds. The minimum atomic E-state index is -3.76. The van der Waals surface area contributed by atoms with Gasteiger partial charge in [-0.25, -0.2) is 8.42 Å². The number of benzene rings is 2. The average Bonchev–Trinajstić information content (AvgIpc) is 2.76. The molecule has 34 heavy (non-hydrogen) atoms. The van der Waals surface area contributed by atoms with Crippen molar-refractivity contribution in [3.8, 4) is 0 Å². The van der Waals surface area contributed by atoms with Crippen molar-refractivity contribution in [1.82, 2.24) is 10.2 Å². The zero-order chi connectivity index (χ0) is 25.5. The number of nitrogens with zero attached hydrogens (tertiary/aromatic N) is 2. The molecule has 0 spiro atoms. The van der Waals surface area contributed by atoms with Crippen molar-refractivity contribution in [1.29, 1.82) is 0 Å². The van der Waals surface area contributed by atoms with Crippen LogP contribution in [0.4, 0.5) is 5.69 Å². The Labute approximate surface area is 208 Å². The second-order valence-electron chi connectivity index (χ2n) is 8.46. The van der Waals surface area contributed by atoms with Gasteiger partial charge in [0.15, 0.2) is 0 Å². The molecule has 0 bridgehead atoms. The Balaban J connectivity index is 2.39. The first-order chi connectivity index (χ1) is 16.0. The highest BCUT2D eigenvalue weighted by molar-refractivity contribution is 7.92. The van der Waals surface area contributed by atoms with Crippen LogP contribution in [-0.2, 0) is 26.2 Å². The molecule has 0 heterocycles. The summed E-state index contributed by atoms with van der Waals surface area (Å²) in [6.07, 6.45) is 2.83. The van der Waals surface area contributed by atoms with E-state index in [1.165, 1.54) is 4.90 Å². The number of sulfonamides is 1. The van der Waals surface area contributed by atoms with Gasteiger partial charge in [-0.2, -0.15) is 0 Å². The van der Waals surface area contributed by atoms with E-state index in [2.05, 4.69) is 5.32 Å². The van der Waals surface area contributed by atoms with Crippen LogP contribution >= 0.6 is 11.6 Å². The molecule has 0 aromatic heterocycles. The number of carbonyl (C=O) groups is 2. The van der Waals surface area contributed by atoms with Gasteiger partial charge in [0.25, 0.3) is 0 Å². The molecular formula is C25H34ClN3O4S. The molecule has 2 aromatic carbocycles. The number of rotatable bonds is 11. The van der Waals surface area contributed by atoms with Crippen LogP contribution in [0.2, 0.25) is 5.02 Å². The van der Waals surface area contributed by atoms with Gasteiger partial charge in [0, 0.05) is 18.1 Å². The molecule has 2 aromatic rings. The van der Waals surface area contributed by atoms with Crippen LogP contribution in [0.25, 0.3) is 0 Å². The van der Waals surface area contributed by atoms with Crippen molar-refractivity contribution in [3.05, 3.63) is 64.2 Å². The zero-order valence-electron chi connectivity index (χ0n) is 20.5. The first kappa shape index (κ1) is 27.7. The van der Waals surface area contributed by atoms with Crippen LogP contribution in [-0.4, -0.2) is 50.5 Å². The summed E-state index contributed by atoms with van der Waals surface area (Å²) in [5.41, 5.74) is 2.87. The molecule has 1 unspecified atom stereocenters. The second kappa shape index (κ2) is 12.2. The molecule has 1 atom stereocenters. The van der Waals surface area contributed by atoms with Crippen molar-refractivity contribution in [2.24, 2.45) is 0 Å². The Bertz CT molecular complexity index is 1120. The van der Waals surface area contributed by atoms with Gasteiger partial charge in [0.05, 0.1) is 11.9 Å². The van der Waals surface area contributed by atoms with Crippen LogP contribution in [0.3, 0.4) is 0 Å². The summed E-state index contributed by atoms with van der Waals surface area (Å²) in [6, 6.07) is 11.6. The van der Waals surface area contributed by atoms with E-state index in [4.69, 9.17) is 11.6 Å². The zero-order valence-corrected chi connectivity index (χ0v) is 22.0. The third-order valence-electron chi connectivity index (χ3n) is 5.76. The van der Waals surface area contributed by atoms with Gasteiger partial charge < -0.3 is 10.2 Å². The van der Waals surface area contributed by atoms with Crippen LogP contribution < -0.4 is 9.62 Å². The Morgan fingerprint density at radius 1 is 1.12 bits per heavy atom. The van der Waals surface area contributed by atoms with Crippen LogP contribution in [0.1, 0.15) is 43.4 Å². The lowest BCUT2D eigenvalue weighted by Gasteiger charge is -2.32.